The molecule has 204 valence electrons. The number of sulfonamides is 1. The van der Waals surface area contributed by atoms with Gasteiger partial charge in [-0.25, -0.2) is 8.42 Å². The number of hydrogen-bond acceptors (Lipinski definition) is 5. The van der Waals surface area contributed by atoms with Crippen LogP contribution in [0.5, 0.6) is 5.75 Å². The van der Waals surface area contributed by atoms with Crippen LogP contribution >= 0.6 is 34.8 Å². The van der Waals surface area contributed by atoms with Crippen molar-refractivity contribution in [3.63, 3.8) is 0 Å². The summed E-state index contributed by atoms with van der Waals surface area (Å²) < 4.78 is 31.3. The Bertz CT molecular complexity index is 1210. The van der Waals surface area contributed by atoms with Crippen molar-refractivity contribution in [1.29, 1.82) is 0 Å². The Kier molecular flexibility index (Phi) is 11.8. The number of carbonyl (C=O) groups excluding carboxylic acids is 2. The van der Waals surface area contributed by atoms with Crippen LogP contribution in [0.4, 0.5) is 5.69 Å². The van der Waals surface area contributed by atoms with Crippen LogP contribution in [0.25, 0.3) is 0 Å². The number of hydrogen-bond donors (Lipinski definition) is 1. The summed E-state index contributed by atoms with van der Waals surface area (Å²) >= 11 is 18.4. The average Bonchev–Trinajstić information content (AvgIpc) is 2.83. The van der Waals surface area contributed by atoms with E-state index in [9.17, 15) is 18.0 Å². The van der Waals surface area contributed by atoms with E-state index < -0.39 is 16.1 Å². The Morgan fingerprint density at radius 2 is 1.73 bits per heavy atom. The third-order valence-corrected chi connectivity index (χ3v) is 7.88. The summed E-state index contributed by atoms with van der Waals surface area (Å²) in [5, 5.41) is 3.78. The maximum Gasteiger partial charge on any atom is 0.242 e. The molecule has 0 saturated heterocycles. The number of benzene rings is 2. The summed E-state index contributed by atoms with van der Waals surface area (Å²) in [7, 11) is -2.19. The van der Waals surface area contributed by atoms with E-state index in [-0.39, 0.29) is 42.8 Å². The fraction of sp³-hybridized carbons (Fsp3) is 0.440. The zero-order valence-electron chi connectivity index (χ0n) is 21.3. The minimum atomic E-state index is -3.65. The highest BCUT2D eigenvalue weighted by Gasteiger charge is 2.29. The molecule has 0 aliphatic rings. The first-order valence-electron chi connectivity index (χ1n) is 11.7. The SMILES string of the molecule is CCNC(=O)[C@@H](CC)N(Cc1ccc(Cl)c(Cl)c1)C(=O)CCCN(c1ccc(OC)c(Cl)c1)S(C)(=O)=O. The normalized spacial score (nSPS) is 12.1. The number of methoxy groups -OCH3 is 1. The third kappa shape index (κ3) is 8.67. The predicted octanol–water partition coefficient (Wildman–Crippen LogP) is 5.15. The van der Waals surface area contributed by atoms with Crippen molar-refractivity contribution in [2.75, 3.05) is 30.8 Å². The third-order valence-electron chi connectivity index (χ3n) is 5.65. The van der Waals surface area contributed by atoms with Crippen LogP contribution in [0.1, 0.15) is 38.7 Å². The molecule has 2 amide bonds. The first-order chi connectivity index (χ1) is 17.4. The van der Waals surface area contributed by atoms with Gasteiger partial charge in [-0.15, -0.1) is 0 Å². The number of halogens is 3. The lowest BCUT2D eigenvalue weighted by molar-refractivity contribution is -0.141. The highest BCUT2D eigenvalue weighted by Crippen LogP contribution is 2.30. The van der Waals surface area contributed by atoms with Gasteiger partial charge in [0.15, 0.2) is 0 Å². The van der Waals surface area contributed by atoms with Crippen molar-refractivity contribution >= 4 is 62.3 Å². The second-order valence-electron chi connectivity index (χ2n) is 8.35. The van der Waals surface area contributed by atoms with Gasteiger partial charge in [0.05, 0.1) is 34.1 Å². The molecule has 1 atom stereocenters. The van der Waals surface area contributed by atoms with Gasteiger partial charge in [0.2, 0.25) is 21.8 Å². The number of likely N-dealkylation sites (N-methyl/N-ethyl adjacent to an activating group) is 1. The quantitative estimate of drug-likeness (QED) is 0.347. The van der Waals surface area contributed by atoms with Gasteiger partial charge < -0.3 is 15.0 Å². The standard InChI is InChI=1S/C25H32Cl3N3O5S/c1-5-22(25(33)29-6-2)30(16-17-9-11-19(26)20(27)14-17)24(32)8-7-13-31(37(4,34)35)18-10-12-23(36-3)21(28)15-18/h9-12,14-15,22H,5-8,13,16H2,1-4H3,(H,29,33)/t22-/m1/s1. The molecule has 0 saturated carbocycles. The first kappa shape index (κ1) is 31.0. The summed E-state index contributed by atoms with van der Waals surface area (Å²) in [6, 6.07) is 9.02. The number of nitrogens with one attached hydrogen (secondary N) is 1. The van der Waals surface area contributed by atoms with Crippen LogP contribution in [0.3, 0.4) is 0 Å². The fourth-order valence-corrected chi connectivity index (χ4v) is 5.39. The van der Waals surface area contributed by atoms with E-state index in [0.29, 0.717) is 34.4 Å². The smallest absolute Gasteiger partial charge is 0.242 e. The molecule has 2 aromatic carbocycles. The van der Waals surface area contributed by atoms with Crippen molar-refractivity contribution in [3.05, 3.63) is 57.0 Å². The Balaban J connectivity index is 2.24. The molecule has 37 heavy (non-hydrogen) atoms. The van der Waals surface area contributed by atoms with Crippen LogP contribution < -0.4 is 14.4 Å². The molecule has 8 nitrogen and oxygen atoms in total. The lowest BCUT2D eigenvalue weighted by atomic mass is 10.1. The molecular weight excluding hydrogens is 561 g/mol. The molecule has 0 bridgehead atoms. The molecule has 0 unspecified atom stereocenters. The monoisotopic (exact) mass is 591 g/mol. The summed E-state index contributed by atoms with van der Waals surface area (Å²) in [4.78, 5) is 27.6. The van der Waals surface area contributed by atoms with Crippen molar-refractivity contribution in [3.8, 4) is 5.75 Å². The summed E-state index contributed by atoms with van der Waals surface area (Å²) in [5.74, 6) is -0.127. The Hall–Kier alpha value is -2.20. The number of rotatable bonds is 13. The lowest BCUT2D eigenvalue weighted by Gasteiger charge is -2.31. The topological polar surface area (TPSA) is 96.0 Å². The molecule has 0 aromatic heterocycles. The van der Waals surface area contributed by atoms with E-state index in [1.165, 1.54) is 22.4 Å². The molecule has 1 N–H and O–H groups in total. The maximum absolute atomic E-state index is 13.4. The highest BCUT2D eigenvalue weighted by molar-refractivity contribution is 7.92. The number of anilines is 1. The van der Waals surface area contributed by atoms with Crippen LogP contribution in [0.2, 0.25) is 15.1 Å². The largest absolute Gasteiger partial charge is 0.495 e. The second kappa shape index (κ2) is 14.1. The van der Waals surface area contributed by atoms with E-state index in [1.54, 1.807) is 37.3 Å². The summed E-state index contributed by atoms with van der Waals surface area (Å²) in [5.41, 5.74) is 1.08. The van der Waals surface area contributed by atoms with Crippen molar-refractivity contribution < 1.29 is 22.7 Å². The summed E-state index contributed by atoms with van der Waals surface area (Å²) in [6.07, 6.45) is 1.73. The van der Waals surface area contributed by atoms with Crippen LogP contribution in [0, 0.1) is 0 Å². The fourth-order valence-electron chi connectivity index (χ4n) is 3.86. The zero-order chi connectivity index (χ0) is 27.8. The maximum atomic E-state index is 13.4. The average molecular weight is 593 g/mol. The molecule has 2 aromatic rings. The molecule has 0 spiro atoms. The predicted molar refractivity (Wildman–Crippen MR) is 149 cm³/mol. The number of amides is 2. The Labute approximate surface area is 233 Å². The van der Waals surface area contributed by atoms with Gasteiger partial charge in [-0.3, -0.25) is 13.9 Å². The van der Waals surface area contributed by atoms with Crippen molar-refractivity contribution in [2.24, 2.45) is 0 Å². The molecule has 0 aliphatic heterocycles. The number of carbonyl (C=O) groups is 2. The van der Waals surface area contributed by atoms with Crippen molar-refractivity contribution in [1.82, 2.24) is 10.2 Å². The minimum Gasteiger partial charge on any atom is -0.495 e. The van der Waals surface area contributed by atoms with Gasteiger partial charge in [0.1, 0.15) is 11.8 Å². The second-order valence-corrected chi connectivity index (χ2v) is 11.5. The van der Waals surface area contributed by atoms with Gasteiger partial charge in [-0.1, -0.05) is 47.8 Å². The van der Waals surface area contributed by atoms with Crippen molar-refractivity contribution in [2.45, 2.75) is 45.7 Å². The molecule has 0 radical (unpaired) electrons. The van der Waals surface area contributed by atoms with Gasteiger partial charge >= 0.3 is 0 Å². The molecule has 12 heteroatoms. The minimum absolute atomic E-state index is 0.0210. The van der Waals surface area contributed by atoms with Gasteiger partial charge in [-0.2, -0.15) is 0 Å². The van der Waals surface area contributed by atoms with E-state index in [4.69, 9.17) is 39.5 Å². The highest BCUT2D eigenvalue weighted by atomic mass is 35.5. The Morgan fingerprint density at radius 1 is 1.03 bits per heavy atom. The van der Waals surface area contributed by atoms with E-state index in [2.05, 4.69) is 5.32 Å². The number of ether oxygens (including phenoxy) is 1. The first-order valence-corrected chi connectivity index (χ1v) is 14.7. The van der Waals surface area contributed by atoms with Gasteiger partial charge in [-0.05, 0) is 55.7 Å². The lowest BCUT2D eigenvalue weighted by Crippen LogP contribution is -2.49. The molecular formula is C25H32Cl3N3O5S. The van der Waals surface area contributed by atoms with Crippen LogP contribution in [0.15, 0.2) is 36.4 Å². The molecule has 0 fully saturated rings. The molecule has 0 heterocycles. The zero-order valence-corrected chi connectivity index (χ0v) is 24.3. The van der Waals surface area contributed by atoms with Gasteiger partial charge in [0, 0.05) is 26.1 Å². The van der Waals surface area contributed by atoms with Crippen LogP contribution in [-0.4, -0.2) is 57.6 Å². The Morgan fingerprint density at radius 3 is 2.27 bits per heavy atom. The van der Waals surface area contributed by atoms with E-state index in [1.807, 2.05) is 6.92 Å². The van der Waals surface area contributed by atoms with Crippen LogP contribution in [-0.2, 0) is 26.2 Å². The van der Waals surface area contributed by atoms with Gasteiger partial charge in [0.25, 0.3) is 0 Å². The van der Waals surface area contributed by atoms with E-state index in [0.717, 1.165) is 11.8 Å². The molecule has 0 aliphatic carbocycles. The number of nitrogens with zero attached hydrogens (tertiary/aromatic N) is 2. The van der Waals surface area contributed by atoms with E-state index >= 15 is 0 Å². The molecule has 2 rings (SSSR count). The summed E-state index contributed by atoms with van der Waals surface area (Å²) in [6.45, 7) is 4.26.